The monoisotopic (exact) mass is 401 g/mol. The van der Waals surface area contributed by atoms with Gasteiger partial charge in [-0.2, -0.15) is 0 Å². The number of allylic oxidation sites excluding steroid dienone is 1. The van der Waals surface area contributed by atoms with Gasteiger partial charge in [0.2, 0.25) is 5.91 Å². The summed E-state index contributed by atoms with van der Waals surface area (Å²) in [6, 6.07) is 19.4. The molecule has 0 aliphatic heterocycles. The number of benzene rings is 3. The fourth-order valence-corrected chi connectivity index (χ4v) is 3.36. The Morgan fingerprint density at radius 2 is 1.80 bits per heavy atom. The Bertz CT molecular complexity index is 1220. The van der Waals surface area contributed by atoms with E-state index in [0.717, 1.165) is 27.6 Å². The Morgan fingerprint density at radius 1 is 1.07 bits per heavy atom. The lowest BCUT2D eigenvalue weighted by Crippen LogP contribution is -2.08. The summed E-state index contributed by atoms with van der Waals surface area (Å²) < 4.78 is 24.3. The van der Waals surface area contributed by atoms with Crippen molar-refractivity contribution in [3.05, 3.63) is 90.4 Å². The Kier molecular flexibility index (Phi) is 5.35. The zero-order valence-electron chi connectivity index (χ0n) is 16.6. The van der Waals surface area contributed by atoms with E-state index in [4.69, 9.17) is 9.15 Å². The van der Waals surface area contributed by atoms with Crippen LogP contribution in [0.2, 0.25) is 0 Å². The number of anilines is 1. The number of carbonyl (C=O) groups excluding carboxylic acids is 1. The predicted molar refractivity (Wildman–Crippen MR) is 117 cm³/mol. The van der Waals surface area contributed by atoms with Gasteiger partial charge in [0.15, 0.2) is 0 Å². The van der Waals surface area contributed by atoms with Crippen molar-refractivity contribution in [3.63, 3.8) is 0 Å². The van der Waals surface area contributed by atoms with Crippen molar-refractivity contribution in [2.45, 2.75) is 6.92 Å². The number of halogens is 1. The maximum atomic E-state index is 13.0. The van der Waals surface area contributed by atoms with Crippen LogP contribution in [0.1, 0.15) is 12.5 Å². The van der Waals surface area contributed by atoms with Crippen LogP contribution in [0, 0.1) is 5.82 Å². The molecule has 1 N–H and O–H groups in total. The van der Waals surface area contributed by atoms with E-state index in [-0.39, 0.29) is 11.7 Å². The largest absolute Gasteiger partial charge is 0.496 e. The van der Waals surface area contributed by atoms with E-state index >= 15 is 0 Å². The maximum absolute atomic E-state index is 13.0. The number of fused-ring (bicyclic) bond motifs is 1. The molecule has 0 aliphatic carbocycles. The van der Waals surface area contributed by atoms with Crippen LogP contribution in [0.3, 0.4) is 0 Å². The van der Waals surface area contributed by atoms with Crippen molar-refractivity contribution in [2.24, 2.45) is 0 Å². The molecule has 0 radical (unpaired) electrons. The number of hydrogen-bond acceptors (Lipinski definition) is 3. The van der Waals surface area contributed by atoms with Crippen molar-refractivity contribution >= 4 is 28.1 Å². The lowest BCUT2D eigenvalue weighted by atomic mass is 9.99. The molecule has 5 heteroatoms. The third-order valence-corrected chi connectivity index (χ3v) is 4.86. The van der Waals surface area contributed by atoms with Crippen LogP contribution in [-0.4, -0.2) is 13.0 Å². The topological polar surface area (TPSA) is 51.5 Å². The van der Waals surface area contributed by atoms with Gasteiger partial charge in [0.1, 0.15) is 17.1 Å². The van der Waals surface area contributed by atoms with Gasteiger partial charge in [0.25, 0.3) is 0 Å². The molecule has 30 heavy (non-hydrogen) atoms. The second-order valence-corrected chi connectivity index (χ2v) is 6.89. The minimum absolute atomic E-state index is 0.309. The van der Waals surface area contributed by atoms with E-state index in [1.165, 1.54) is 30.3 Å². The van der Waals surface area contributed by atoms with Gasteiger partial charge in [0.05, 0.1) is 13.4 Å². The molecule has 3 aromatic carbocycles. The van der Waals surface area contributed by atoms with Gasteiger partial charge in [-0.15, -0.1) is 0 Å². The van der Waals surface area contributed by atoms with Crippen molar-refractivity contribution in [1.82, 2.24) is 0 Å². The lowest BCUT2D eigenvalue weighted by Gasteiger charge is -2.10. The van der Waals surface area contributed by atoms with Gasteiger partial charge in [-0.05, 0) is 48.4 Å². The van der Waals surface area contributed by atoms with Gasteiger partial charge in [-0.3, -0.25) is 4.79 Å². The lowest BCUT2D eigenvalue weighted by molar-refractivity contribution is -0.111. The third-order valence-electron chi connectivity index (χ3n) is 4.86. The quantitative estimate of drug-likeness (QED) is 0.400. The summed E-state index contributed by atoms with van der Waals surface area (Å²) in [7, 11) is 1.58. The number of amides is 1. The standard InChI is InChI=1S/C25H20FNO3/c1-16(12-25(28)27-19-10-8-18(26)9-11-19)20-13-21-22(17-6-4-3-5-7-17)15-30-24(21)14-23(20)29-2/h3-15H,1-2H3,(H,27,28)/b16-12+. The first-order chi connectivity index (χ1) is 14.5. The minimum atomic E-state index is -0.355. The van der Waals surface area contributed by atoms with Gasteiger partial charge in [-0.25, -0.2) is 4.39 Å². The van der Waals surface area contributed by atoms with Crippen molar-refractivity contribution in [1.29, 1.82) is 0 Å². The predicted octanol–water partition coefficient (Wildman–Crippen LogP) is 6.29. The Balaban J connectivity index is 1.70. The highest BCUT2D eigenvalue weighted by Crippen LogP contribution is 2.37. The highest BCUT2D eigenvalue weighted by atomic mass is 19.1. The number of nitrogens with one attached hydrogen (secondary N) is 1. The number of hydrogen-bond donors (Lipinski definition) is 1. The Labute approximate surface area is 173 Å². The van der Waals surface area contributed by atoms with Crippen LogP contribution < -0.4 is 10.1 Å². The summed E-state index contributed by atoms with van der Waals surface area (Å²) in [5, 5.41) is 3.67. The summed E-state index contributed by atoms with van der Waals surface area (Å²) in [5.74, 6) is -0.0522. The fraction of sp³-hybridized carbons (Fsp3) is 0.0800. The molecule has 0 saturated heterocycles. The maximum Gasteiger partial charge on any atom is 0.248 e. The molecule has 1 aromatic heterocycles. The normalized spacial score (nSPS) is 11.5. The second-order valence-electron chi connectivity index (χ2n) is 6.89. The SMILES string of the molecule is COc1cc2occ(-c3ccccc3)c2cc1/C(C)=C/C(=O)Nc1ccc(F)cc1. The molecule has 0 saturated carbocycles. The van der Waals surface area contributed by atoms with Crippen LogP contribution in [0.15, 0.2) is 83.5 Å². The fourth-order valence-electron chi connectivity index (χ4n) is 3.36. The number of methoxy groups -OCH3 is 1. The van der Waals surface area contributed by atoms with Crippen molar-refractivity contribution in [3.8, 4) is 16.9 Å². The van der Waals surface area contributed by atoms with Gasteiger partial charge in [0, 0.05) is 34.3 Å². The first kappa shape index (κ1) is 19.5. The molecule has 150 valence electrons. The molecule has 0 bridgehead atoms. The van der Waals surface area contributed by atoms with E-state index in [2.05, 4.69) is 5.32 Å². The number of carbonyl (C=O) groups is 1. The molecule has 1 heterocycles. The van der Waals surface area contributed by atoms with Crippen LogP contribution in [-0.2, 0) is 4.79 Å². The van der Waals surface area contributed by atoms with E-state index in [9.17, 15) is 9.18 Å². The molecule has 0 fully saturated rings. The summed E-state index contributed by atoms with van der Waals surface area (Å²) in [6.45, 7) is 1.84. The van der Waals surface area contributed by atoms with E-state index < -0.39 is 0 Å². The molecule has 0 atom stereocenters. The average molecular weight is 401 g/mol. The van der Waals surface area contributed by atoms with E-state index in [1.807, 2.05) is 49.4 Å². The zero-order chi connectivity index (χ0) is 21.1. The van der Waals surface area contributed by atoms with E-state index in [1.54, 1.807) is 13.4 Å². The molecule has 4 rings (SSSR count). The smallest absolute Gasteiger partial charge is 0.248 e. The van der Waals surface area contributed by atoms with Gasteiger partial charge < -0.3 is 14.5 Å². The summed E-state index contributed by atoms with van der Waals surface area (Å²) in [4.78, 5) is 12.4. The molecule has 4 aromatic rings. The van der Waals surface area contributed by atoms with Crippen molar-refractivity contribution in [2.75, 3.05) is 12.4 Å². The first-order valence-corrected chi connectivity index (χ1v) is 9.45. The molecule has 0 unspecified atom stereocenters. The molecular weight excluding hydrogens is 381 g/mol. The van der Waals surface area contributed by atoms with E-state index in [0.29, 0.717) is 17.0 Å². The minimum Gasteiger partial charge on any atom is -0.496 e. The molecule has 0 aliphatic rings. The summed E-state index contributed by atoms with van der Waals surface area (Å²) in [5.41, 5.74) is 4.76. The van der Waals surface area contributed by atoms with Crippen LogP contribution in [0.4, 0.5) is 10.1 Å². The molecule has 0 spiro atoms. The molecular formula is C25H20FNO3. The number of furan rings is 1. The van der Waals surface area contributed by atoms with Gasteiger partial charge in [-0.1, -0.05) is 30.3 Å². The highest BCUT2D eigenvalue weighted by Gasteiger charge is 2.15. The summed E-state index contributed by atoms with van der Waals surface area (Å²) in [6.07, 6.45) is 3.22. The second kappa shape index (κ2) is 8.25. The Hall–Kier alpha value is -3.86. The third kappa shape index (κ3) is 3.96. The first-order valence-electron chi connectivity index (χ1n) is 9.45. The Morgan fingerprint density at radius 3 is 2.50 bits per heavy atom. The van der Waals surface area contributed by atoms with Gasteiger partial charge >= 0.3 is 0 Å². The number of ether oxygens (including phenoxy) is 1. The zero-order valence-corrected chi connectivity index (χ0v) is 16.6. The molecule has 1 amide bonds. The average Bonchev–Trinajstić information content (AvgIpc) is 3.18. The van der Waals surface area contributed by atoms with Crippen LogP contribution in [0.5, 0.6) is 5.75 Å². The number of rotatable bonds is 5. The van der Waals surface area contributed by atoms with Crippen LogP contribution >= 0.6 is 0 Å². The summed E-state index contributed by atoms with van der Waals surface area (Å²) >= 11 is 0. The van der Waals surface area contributed by atoms with Crippen LogP contribution in [0.25, 0.3) is 27.7 Å². The van der Waals surface area contributed by atoms with Crippen molar-refractivity contribution < 1.29 is 18.3 Å². The molecule has 4 nitrogen and oxygen atoms in total. The highest BCUT2D eigenvalue weighted by molar-refractivity contribution is 6.05.